The summed E-state index contributed by atoms with van der Waals surface area (Å²) in [5.41, 5.74) is -1.73. The van der Waals surface area contributed by atoms with Gasteiger partial charge in [0.2, 0.25) is 0 Å². The average Bonchev–Trinajstić information content (AvgIpc) is 2.16. The molecule has 82 valence electrons. The molecule has 1 aromatic carbocycles. The number of hydrogen-bond acceptors (Lipinski definition) is 3. The highest BCUT2D eigenvalue weighted by Crippen LogP contribution is 2.30. The summed E-state index contributed by atoms with van der Waals surface area (Å²) < 4.78 is 0. The number of halogens is 1. The SMILES string of the molecule is CC(O)(c1ccccc1Cl)C(O)C(=O)O. The van der Waals surface area contributed by atoms with E-state index < -0.39 is 17.7 Å². The van der Waals surface area contributed by atoms with Crippen LogP contribution in [0.3, 0.4) is 0 Å². The Labute approximate surface area is 91.7 Å². The van der Waals surface area contributed by atoms with E-state index in [0.717, 1.165) is 0 Å². The van der Waals surface area contributed by atoms with Crippen LogP contribution < -0.4 is 0 Å². The summed E-state index contributed by atoms with van der Waals surface area (Å²) in [6.45, 7) is 1.20. The van der Waals surface area contributed by atoms with Crippen LogP contribution in [0.1, 0.15) is 12.5 Å². The molecule has 1 aromatic rings. The van der Waals surface area contributed by atoms with Crippen molar-refractivity contribution in [2.75, 3.05) is 0 Å². The van der Waals surface area contributed by atoms with Gasteiger partial charge in [-0.05, 0) is 13.0 Å². The lowest BCUT2D eigenvalue weighted by Crippen LogP contribution is -2.42. The molecule has 0 spiro atoms. The van der Waals surface area contributed by atoms with E-state index >= 15 is 0 Å². The molecular formula is C10H11ClO4. The normalized spacial score (nSPS) is 16.8. The van der Waals surface area contributed by atoms with Gasteiger partial charge in [-0.1, -0.05) is 29.8 Å². The predicted molar refractivity (Wildman–Crippen MR) is 54.7 cm³/mol. The largest absolute Gasteiger partial charge is 0.479 e. The second-order valence-electron chi connectivity index (χ2n) is 3.37. The van der Waals surface area contributed by atoms with Gasteiger partial charge >= 0.3 is 5.97 Å². The molecule has 0 saturated heterocycles. The van der Waals surface area contributed by atoms with Crippen LogP contribution in [0.5, 0.6) is 0 Å². The molecule has 0 aliphatic carbocycles. The minimum absolute atomic E-state index is 0.182. The maximum absolute atomic E-state index is 10.6. The summed E-state index contributed by atoms with van der Waals surface area (Å²) in [6, 6.07) is 6.23. The maximum atomic E-state index is 10.6. The second-order valence-corrected chi connectivity index (χ2v) is 3.78. The van der Waals surface area contributed by atoms with Crippen LogP contribution in [0, 0.1) is 0 Å². The highest BCUT2D eigenvalue weighted by molar-refractivity contribution is 6.31. The third kappa shape index (κ3) is 2.28. The average molecular weight is 231 g/mol. The molecule has 0 saturated carbocycles. The van der Waals surface area contributed by atoms with Crippen LogP contribution in [0.2, 0.25) is 5.02 Å². The molecule has 2 atom stereocenters. The molecule has 2 unspecified atom stereocenters. The number of rotatable bonds is 3. The van der Waals surface area contributed by atoms with Gasteiger partial charge in [-0.25, -0.2) is 4.79 Å². The molecule has 3 N–H and O–H groups in total. The van der Waals surface area contributed by atoms with Gasteiger partial charge in [0.15, 0.2) is 6.10 Å². The fraction of sp³-hybridized carbons (Fsp3) is 0.300. The van der Waals surface area contributed by atoms with E-state index in [1.54, 1.807) is 12.1 Å². The maximum Gasteiger partial charge on any atom is 0.335 e. The van der Waals surface area contributed by atoms with E-state index in [9.17, 15) is 15.0 Å². The van der Waals surface area contributed by atoms with E-state index in [2.05, 4.69) is 0 Å². The fourth-order valence-electron chi connectivity index (χ4n) is 1.26. The molecule has 1 rings (SSSR count). The van der Waals surface area contributed by atoms with Crippen molar-refractivity contribution in [1.29, 1.82) is 0 Å². The number of hydrogen-bond donors (Lipinski definition) is 3. The number of aliphatic carboxylic acids is 1. The lowest BCUT2D eigenvalue weighted by Gasteiger charge is -2.27. The van der Waals surface area contributed by atoms with Crippen molar-refractivity contribution in [1.82, 2.24) is 0 Å². The number of aliphatic hydroxyl groups is 2. The predicted octanol–water partition coefficient (Wildman–Crippen LogP) is 0.993. The summed E-state index contributed by atoms with van der Waals surface area (Å²) >= 11 is 5.79. The Morgan fingerprint density at radius 3 is 2.47 bits per heavy atom. The van der Waals surface area contributed by atoms with E-state index in [-0.39, 0.29) is 10.6 Å². The molecule has 0 heterocycles. The quantitative estimate of drug-likeness (QED) is 0.724. The van der Waals surface area contributed by atoms with Gasteiger partial charge in [0, 0.05) is 10.6 Å². The molecule has 0 aliphatic heterocycles. The first-order valence-electron chi connectivity index (χ1n) is 4.25. The molecule has 0 radical (unpaired) electrons. The van der Waals surface area contributed by atoms with Crippen LogP contribution in [-0.4, -0.2) is 27.4 Å². The van der Waals surface area contributed by atoms with Crippen LogP contribution in [-0.2, 0) is 10.4 Å². The zero-order valence-electron chi connectivity index (χ0n) is 8.01. The van der Waals surface area contributed by atoms with Gasteiger partial charge in [-0.2, -0.15) is 0 Å². The van der Waals surface area contributed by atoms with Gasteiger partial charge in [-0.3, -0.25) is 0 Å². The number of carboxylic acids is 1. The molecule has 0 aliphatic rings. The first-order chi connectivity index (χ1) is 6.87. The Morgan fingerprint density at radius 2 is 2.00 bits per heavy atom. The van der Waals surface area contributed by atoms with Crippen molar-refractivity contribution < 1.29 is 20.1 Å². The summed E-state index contributed by atoms with van der Waals surface area (Å²) in [5, 5.41) is 28.0. The molecule has 0 amide bonds. The fourth-order valence-corrected chi connectivity index (χ4v) is 1.59. The minimum Gasteiger partial charge on any atom is -0.479 e. The zero-order chi connectivity index (χ0) is 11.6. The van der Waals surface area contributed by atoms with Gasteiger partial charge < -0.3 is 15.3 Å². The molecular weight excluding hydrogens is 220 g/mol. The van der Waals surface area contributed by atoms with Crippen molar-refractivity contribution in [3.63, 3.8) is 0 Å². The van der Waals surface area contributed by atoms with E-state index in [4.69, 9.17) is 16.7 Å². The summed E-state index contributed by atoms with van der Waals surface area (Å²) in [7, 11) is 0. The molecule has 0 aromatic heterocycles. The van der Waals surface area contributed by atoms with Crippen molar-refractivity contribution in [2.24, 2.45) is 0 Å². The van der Waals surface area contributed by atoms with Gasteiger partial charge in [0.1, 0.15) is 5.60 Å². The van der Waals surface area contributed by atoms with Crippen LogP contribution in [0.15, 0.2) is 24.3 Å². The standard InChI is InChI=1S/C10H11ClO4/c1-10(15,8(12)9(13)14)6-4-2-3-5-7(6)11/h2-5,8,12,15H,1H3,(H,13,14). The molecule has 0 bridgehead atoms. The van der Waals surface area contributed by atoms with Crippen molar-refractivity contribution in [3.05, 3.63) is 34.9 Å². The Morgan fingerprint density at radius 1 is 1.47 bits per heavy atom. The lowest BCUT2D eigenvalue weighted by molar-refractivity contribution is -0.162. The zero-order valence-corrected chi connectivity index (χ0v) is 8.77. The topological polar surface area (TPSA) is 77.8 Å². The van der Waals surface area contributed by atoms with Crippen molar-refractivity contribution in [3.8, 4) is 0 Å². The Bertz CT molecular complexity index is 375. The van der Waals surface area contributed by atoms with Gasteiger partial charge in [-0.15, -0.1) is 0 Å². The Kier molecular flexibility index (Phi) is 3.34. The smallest absolute Gasteiger partial charge is 0.335 e. The van der Waals surface area contributed by atoms with Crippen LogP contribution in [0.4, 0.5) is 0 Å². The second kappa shape index (κ2) is 4.18. The third-order valence-corrected chi connectivity index (χ3v) is 2.52. The van der Waals surface area contributed by atoms with E-state index in [1.807, 2.05) is 0 Å². The first-order valence-corrected chi connectivity index (χ1v) is 4.63. The lowest BCUT2D eigenvalue weighted by atomic mass is 9.90. The number of benzene rings is 1. The Balaban J connectivity index is 3.16. The van der Waals surface area contributed by atoms with Crippen molar-refractivity contribution >= 4 is 17.6 Å². The minimum atomic E-state index is -1.92. The van der Waals surface area contributed by atoms with Crippen LogP contribution >= 0.6 is 11.6 Å². The molecule has 0 fully saturated rings. The van der Waals surface area contributed by atoms with Crippen LogP contribution in [0.25, 0.3) is 0 Å². The summed E-state index contributed by atoms with van der Waals surface area (Å²) in [4.78, 5) is 10.6. The molecule has 15 heavy (non-hydrogen) atoms. The highest BCUT2D eigenvalue weighted by atomic mass is 35.5. The van der Waals surface area contributed by atoms with E-state index in [0.29, 0.717) is 0 Å². The third-order valence-electron chi connectivity index (χ3n) is 2.19. The van der Waals surface area contributed by atoms with Gasteiger partial charge in [0.05, 0.1) is 0 Å². The molecule has 4 nitrogen and oxygen atoms in total. The number of carbonyl (C=O) groups is 1. The van der Waals surface area contributed by atoms with Crippen molar-refractivity contribution in [2.45, 2.75) is 18.6 Å². The highest BCUT2D eigenvalue weighted by Gasteiger charge is 2.38. The Hall–Kier alpha value is -1.10. The monoisotopic (exact) mass is 230 g/mol. The first kappa shape index (κ1) is 12.0. The number of carboxylic acid groups (broad SMARTS) is 1. The van der Waals surface area contributed by atoms with E-state index in [1.165, 1.54) is 19.1 Å². The summed E-state index contributed by atoms with van der Waals surface area (Å²) in [5.74, 6) is -1.50. The molecule has 5 heteroatoms. The number of aliphatic hydroxyl groups excluding tert-OH is 1. The van der Waals surface area contributed by atoms with Gasteiger partial charge in [0.25, 0.3) is 0 Å². The summed E-state index contributed by atoms with van der Waals surface area (Å²) in [6.07, 6.45) is -1.92.